The van der Waals surface area contributed by atoms with Gasteiger partial charge in [0.05, 0.1) is 23.9 Å². The van der Waals surface area contributed by atoms with E-state index < -0.39 is 0 Å². The number of hydrogen-bond donors (Lipinski definition) is 1. The average molecular weight is 250 g/mol. The Morgan fingerprint density at radius 3 is 2.61 bits per heavy atom. The molecule has 5 heteroatoms. The van der Waals surface area contributed by atoms with Crippen molar-refractivity contribution in [1.29, 1.82) is 0 Å². The van der Waals surface area contributed by atoms with Crippen molar-refractivity contribution in [2.24, 2.45) is 5.73 Å². The van der Waals surface area contributed by atoms with E-state index in [0.29, 0.717) is 12.0 Å². The fourth-order valence-electron chi connectivity index (χ4n) is 2.82. The van der Waals surface area contributed by atoms with Gasteiger partial charge in [0.2, 0.25) is 5.91 Å². The summed E-state index contributed by atoms with van der Waals surface area (Å²) in [6.07, 6.45) is 6.36. The van der Waals surface area contributed by atoms with Crippen LogP contribution >= 0.6 is 0 Å². The Balaban J connectivity index is 2.28. The number of primary amides is 1. The highest BCUT2D eigenvalue weighted by molar-refractivity contribution is 5.76. The molecule has 5 nitrogen and oxygen atoms in total. The van der Waals surface area contributed by atoms with E-state index in [0.717, 1.165) is 11.4 Å². The number of hydrogen-bond acceptors (Lipinski definition) is 3. The highest BCUT2D eigenvalue weighted by Crippen LogP contribution is 2.31. The largest absolute Gasteiger partial charge is 0.369 e. The van der Waals surface area contributed by atoms with Gasteiger partial charge in [0.25, 0.3) is 0 Å². The van der Waals surface area contributed by atoms with Crippen LogP contribution in [-0.4, -0.2) is 20.9 Å². The molecule has 0 aliphatic heterocycles. The molecule has 1 aromatic heterocycles. The van der Waals surface area contributed by atoms with Crippen LogP contribution in [0.3, 0.4) is 0 Å². The summed E-state index contributed by atoms with van der Waals surface area (Å²) in [7, 11) is 0. The first-order chi connectivity index (χ1) is 8.59. The third-order valence-corrected chi connectivity index (χ3v) is 3.61. The summed E-state index contributed by atoms with van der Waals surface area (Å²) in [5, 5.41) is 8.44. The molecular formula is C13H22N4O. The van der Waals surface area contributed by atoms with Crippen molar-refractivity contribution in [3.63, 3.8) is 0 Å². The van der Waals surface area contributed by atoms with Gasteiger partial charge in [0.15, 0.2) is 0 Å². The van der Waals surface area contributed by atoms with Gasteiger partial charge in [-0.1, -0.05) is 38.3 Å². The molecule has 1 heterocycles. The molecule has 100 valence electrons. The molecule has 0 aromatic carbocycles. The van der Waals surface area contributed by atoms with Crippen molar-refractivity contribution in [3.8, 4) is 0 Å². The van der Waals surface area contributed by atoms with E-state index in [4.69, 9.17) is 5.73 Å². The average Bonchev–Trinajstić information content (AvgIpc) is 2.73. The lowest BCUT2D eigenvalue weighted by Crippen LogP contribution is -2.19. The van der Waals surface area contributed by atoms with Gasteiger partial charge in [0, 0.05) is 0 Å². The van der Waals surface area contributed by atoms with E-state index >= 15 is 0 Å². The molecule has 0 bridgehead atoms. The number of carbonyl (C=O) groups is 1. The Morgan fingerprint density at radius 1 is 1.39 bits per heavy atom. The number of amides is 1. The van der Waals surface area contributed by atoms with Crippen molar-refractivity contribution in [1.82, 2.24) is 15.0 Å². The smallest absolute Gasteiger partial charge is 0.223 e. The summed E-state index contributed by atoms with van der Waals surface area (Å²) in [5.74, 6) is -0.0242. The number of nitrogens with two attached hydrogens (primary N) is 1. The van der Waals surface area contributed by atoms with Crippen molar-refractivity contribution in [2.45, 2.75) is 64.3 Å². The zero-order valence-electron chi connectivity index (χ0n) is 11.2. The van der Waals surface area contributed by atoms with Gasteiger partial charge < -0.3 is 5.73 Å². The third-order valence-electron chi connectivity index (χ3n) is 3.61. The zero-order chi connectivity index (χ0) is 13.1. The van der Waals surface area contributed by atoms with Crippen molar-refractivity contribution in [3.05, 3.63) is 11.4 Å². The Bertz CT molecular complexity index is 419. The summed E-state index contributed by atoms with van der Waals surface area (Å²) < 4.78 is 2.04. The normalized spacial score (nSPS) is 17.3. The van der Waals surface area contributed by atoms with E-state index in [9.17, 15) is 4.79 Å². The molecule has 0 spiro atoms. The lowest BCUT2D eigenvalue weighted by atomic mass is 9.94. The summed E-state index contributed by atoms with van der Waals surface area (Å²) in [6.45, 7) is 4.23. The summed E-state index contributed by atoms with van der Waals surface area (Å²) in [6, 6.07) is 0.449. The molecule has 0 unspecified atom stereocenters. The van der Waals surface area contributed by atoms with E-state index in [1.165, 1.54) is 32.1 Å². The second-order valence-electron chi connectivity index (χ2n) is 5.46. The van der Waals surface area contributed by atoms with Crippen LogP contribution in [0.2, 0.25) is 0 Å². The lowest BCUT2D eigenvalue weighted by molar-refractivity contribution is -0.117. The van der Waals surface area contributed by atoms with Crippen LogP contribution in [0, 0.1) is 0 Å². The van der Waals surface area contributed by atoms with Crippen LogP contribution < -0.4 is 5.73 Å². The number of nitrogens with zero attached hydrogens (tertiary/aromatic N) is 3. The van der Waals surface area contributed by atoms with Crippen LogP contribution in [0.5, 0.6) is 0 Å². The van der Waals surface area contributed by atoms with Crippen molar-refractivity contribution >= 4 is 5.91 Å². The van der Waals surface area contributed by atoms with Crippen LogP contribution in [0.15, 0.2) is 0 Å². The maximum Gasteiger partial charge on any atom is 0.223 e. The Morgan fingerprint density at radius 2 is 2.06 bits per heavy atom. The highest BCUT2D eigenvalue weighted by Gasteiger charge is 2.24. The predicted molar refractivity (Wildman–Crippen MR) is 69.1 cm³/mol. The maximum absolute atomic E-state index is 11.1. The second-order valence-corrected chi connectivity index (χ2v) is 5.46. The van der Waals surface area contributed by atoms with E-state index in [-0.39, 0.29) is 12.3 Å². The van der Waals surface area contributed by atoms with Gasteiger partial charge in [0.1, 0.15) is 0 Å². The highest BCUT2D eigenvalue weighted by atomic mass is 16.1. The molecule has 0 atom stereocenters. The molecule has 1 aromatic rings. The summed E-state index contributed by atoms with van der Waals surface area (Å²) in [4.78, 5) is 11.1. The molecule has 1 aliphatic carbocycles. The summed E-state index contributed by atoms with van der Waals surface area (Å²) >= 11 is 0. The fourth-order valence-corrected chi connectivity index (χ4v) is 2.82. The minimum atomic E-state index is -0.340. The standard InChI is InChI=1S/C13H22N4O/c1-9(2)13-11(8-12(14)18)15-16-17(13)10-6-4-3-5-7-10/h9-10H,3-8H2,1-2H3,(H2,14,18). The molecule has 1 amide bonds. The molecular weight excluding hydrogens is 228 g/mol. The monoisotopic (exact) mass is 250 g/mol. The number of aromatic nitrogens is 3. The molecule has 2 N–H and O–H groups in total. The fraction of sp³-hybridized carbons (Fsp3) is 0.769. The first-order valence-electron chi connectivity index (χ1n) is 6.82. The SMILES string of the molecule is CC(C)c1c(CC(N)=O)nnn1C1CCCCC1. The predicted octanol–water partition coefficient (Wildman–Crippen LogP) is 1.93. The van der Waals surface area contributed by atoms with Gasteiger partial charge in [-0.2, -0.15) is 0 Å². The Kier molecular flexibility index (Phi) is 3.99. The number of carbonyl (C=O) groups excluding carboxylic acids is 1. The van der Waals surface area contributed by atoms with Crippen LogP contribution in [0.25, 0.3) is 0 Å². The summed E-state index contributed by atoms with van der Waals surface area (Å²) in [5.41, 5.74) is 7.10. The molecule has 18 heavy (non-hydrogen) atoms. The van der Waals surface area contributed by atoms with Crippen LogP contribution in [-0.2, 0) is 11.2 Å². The number of rotatable bonds is 4. The van der Waals surface area contributed by atoms with Crippen molar-refractivity contribution in [2.75, 3.05) is 0 Å². The van der Waals surface area contributed by atoms with E-state index in [1.54, 1.807) is 0 Å². The zero-order valence-corrected chi connectivity index (χ0v) is 11.2. The Labute approximate surface area is 108 Å². The maximum atomic E-state index is 11.1. The van der Waals surface area contributed by atoms with Gasteiger partial charge in [-0.3, -0.25) is 4.79 Å². The Hall–Kier alpha value is -1.39. The molecule has 1 fully saturated rings. The minimum absolute atomic E-state index is 0.195. The second kappa shape index (κ2) is 5.50. The van der Waals surface area contributed by atoms with Crippen LogP contribution in [0.4, 0.5) is 0 Å². The van der Waals surface area contributed by atoms with E-state index in [2.05, 4.69) is 24.2 Å². The first-order valence-corrected chi connectivity index (χ1v) is 6.82. The molecule has 0 radical (unpaired) electrons. The van der Waals surface area contributed by atoms with Gasteiger partial charge >= 0.3 is 0 Å². The lowest BCUT2D eigenvalue weighted by Gasteiger charge is -2.24. The molecule has 2 rings (SSSR count). The van der Waals surface area contributed by atoms with Crippen LogP contribution in [0.1, 0.15) is 69.3 Å². The van der Waals surface area contributed by atoms with Gasteiger partial charge in [-0.25, -0.2) is 4.68 Å². The van der Waals surface area contributed by atoms with Gasteiger partial charge in [-0.05, 0) is 18.8 Å². The van der Waals surface area contributed by atoms with Crippen molar-refractivity contribution < 1.29 is 4.79 Å². The third kappa shape index (κ3) is 2.71. The van der Waals surface area contributed by atoms with Gasteiger partial charge in [-0.15, -0.1) is 5.10 Å². The first kappa shape index (κ1) is 13.1. The van der Waals surface area contributed by atoms with E-state index in [1.807, 2.05) is 4.68 Å². The molecule has 1 aliphatic rings. The molecule has 1 saturated carbocycles. The molecule has 0 saturated heterocycles. The quantitative estimate of drug-likeness (QED) is 0.887. The minimum Gasteiger partial charge on any atom is -0.369 e. The topological polar surface area (TPSA) is 73.8 Å².